The molecular formula is C18H20N2O2. The van der Waals surface area contributed by atoms with Gasteiger partial charge in [-0.15, -0.1) is 0 Å². The Kier molecular flexibility index (Phi) is 5.31. The molecule has 1 amide bonds. The topological polar surface area (TPSA) is 50.7 Å². The number of nitrogens with one attached hydrogen (secondary N) is 1. The quantitative estimate of drug-likeness (QED) is 0.680. The maximum Gasteiger partial charge on any atom is 0.277 e. The molecule has 0 bridgehead atoms. The van der Waals surface area contributed by atoms with Crippen LogP contribution in [0.25, 0.3) is 0 Å². The normalized spacial score (nSPS) is 10.7. The highest BCUT2D eigenvalue weighted by Crippen LogP contribution is 2.15. The highest BCUT2D eigenvalue weighted by Gasteiger charge is 2.02. The van der Waals surface area contributed by atoms with Gasteiger partial charge >= 0.3 is 0 Å². The Bertz CT molecular complexity index is 673. The number of hydrazone groups is 1. The number of aryl methyl sites for hydroxylation is 3. The molecule has 0 spiro atoms. The van der Waals surface area contributed by atoms with Crippen molar-refractivity contribution >= 4 is 12.1 Å². The summed E-state index contributed by atoms with van der Waals surface area (Å²) >= 11 is 0. The second-order valence-electron chi connectivity index (χ2n) is 5.32. The number of benzene rings is 2. The first-order valence-electron chi connectivity index (χ1n) is 7.12. The summed E-state index contributed by atoms with van der Waals surface area (Å²) in [7, 11) is 0. The fourth-order valence-electron chi connectivity index (χ4n) is 2.13. The number of nitrogens with zero attached hydrogens (tertiary/aromatic N) is 1. The first kappa shape index (κ1) is 15.8. The van der Waals surface area contributed by atoms with Crippen LogP contribution in [0.3, 0.4) is 0 Å². The molecule has 0 aliphatic heterocycles. The second kappa shape index (κ2) is 7.41. The number of ether oxygens (including phenoxy) is 1. The van der Waals surface area contributed by atoms with E-state index in [2.05, 4.69) is 16.6 Å². The molecule has 0 aliphatic carbocycles. The number of carbonyl (C=O) groups excluding carboxylic acids is 1. The standard InChI is InChI=1S/C18H20N2O2/c1-13-5-4-6-16(8-13)11-19-20-18(21)12-22-17-9-14(2)7-15(3)10-17/h4-11H,12H2,1-3H3,(H,20,21). The molecule has 0 saturated heterocycles. The van der Waals surface area contributed by atoms with Crippen LogP contribution in [0.2, 0.25) is 0 Å². The summed E-state index contributed by atoms with van der Waals surface area (Å²) in [4.78, 5) is 11.7. The van der Waals surface area contributed by atoms with Gasteiger partial charge < -0.3 is 4.74 Å². The van der Waals surface area contributed by atoms with Crippen LogP contribution < -0.4 is 10.2 Å². The minimum Gasteiger partial charge on any atom is -0.484 e. The van der Waals surface area contributed by atoms with Gasteiger partial charge in [-0.3, -0.25) is 4.79 Å². The fraction of sp³-hybridized carbons (Fsp3) is 0.222. The van der Waals surface area contributed by atoms with Crippen molar-refractivity contribution in [1.29, 1.82) is 0 Å². The number of carbonyl (C=O) groups is 1. The lowest BCUT2D eigenvalue weighted by atomic mass is 10.1. The number of rotatable bonds is 5. The van der Waals surface area contributed by atoms with E-state index in [1.165, 1.54) is 0 Å². The Morgan fingerprint density at radius 3 is 2.50 bits per heavy atom. The average molecular weight is 296 g/mol. The maximum absolute atomic E-state index is 11.7. The summed E-state index contributed by atoms with van der Waals surface area (Å²) in [6.07, 6.45) is 1.61. The molecule has 22 heavy (non-hydrogen) atoms. The Morgan fingerprint density at radius 1 is 1.09 bits per heavy atom. The largest absolute Gasteiger partial charge is 0.484 e. The van der Waals surface area contributed by atoms with Crippen LogP contribution in [0.1, 0.15) is 22.3 Å². The molecule has 0 heterocycles. The lowest BCUT2D eigenvalue weighted by Gasteiger charge is -2.07. The zero-order valence-corrected chi connectivity index (χ0v) is 13.1. The zero-order valence-electron chi connectivity index (χ0n) is 13.1. The van der Waals surface area contributed by atoms with Crippen LogP contribution in [0, 0.1) is 20.8 Å². The molecule has 0 aromatic heterocycles. The molecule has 1 N–H and O–H groups in total. The van der Waals surface area contributed by atoms with E-state index in [9.17, 15) is 4.79 Å². The Balaban J connectivity index is 1.83. The third kappa shape index (κ3) is 5.05. The fourth-order valence-corrected chi connectivity index (χ4v) is 2.13. The van der Waals surface area contributed by atoms with Crippen molar-refractivity contribution in [3.8, 4) is 5.75 Å². The van der Waals surface area contributed by atoms with Gasteiger partial charge in [0.15, 0.2) is 6.61 Å². The zero-order chi connectivity index (χ0) is 15.9. The van der Waals surface area contributed by atoms with Gasteiger partial charge in [-0.05, 0) is 49.6 Å². The number of amides is 1. The lowest BCUT2D eigenvalue weighted by molar-refractivity contribution is -0.123. The van der Waals surface area contributed by atoms with Gasteiger partial charge in [0.1, 0.15) is 5.75 Å². The molecule has 0 aliphatic rings. The average Bonchev–Trinajstić information content (AvgIpc) is 2.44. The van der Waals surface area contributed by atoms with Gasteiger partial charge in [-0.2, -0.15) is 5.10 Å². The van der Waals surface area contributed by atoms with E-state index in [0.717, 1.165) is 22.3 Å². The molecule has 0 saturated carbocycles. The number of hydrogen-bond acceptors (Lipinski definition) is 3. The smallest absolute Gasteiger partial charge is 0.277 e. The van der Waals surface area contributed by atoms with Gasteiger partial charge in [-0.25, -0.2) is 5.43 Å². The van der Waals surface area contributed by atoms with E-state index in [-0.39, 0.29) is 12.5 Å². The summed E-state index contributed by atoms with van der Waals surface area (Å²) in [5.41, 5.74) is 6.75. The number of hydrogen-bond donors (Lipinski definition) is 1. The predicted octanol–water partition coefficient (Wildman–Crippen LogP) is 3.14. The molecule has 0 fully saturated rings. The van der Waals surface area contributed by atoms with Crippen LogP contribution in [0.4, 0.5) is 0 Å². The molecule has 2 aromatic carbocycles. The minimum absolute atomic E-state index is 0.0615. The minimum atomic E-state index is -0.289. The SMILES string of the molecule is Cc1cccc(C=NNC(=O)COc2cc(C)cc(C)c2)c1. The summed E-state index contributed by atoms with van der Waals surface area (Å²) < 4.78 is 5.47. The van der Waals surface area contributed by atoms with Gasteiger partial charge in [-0.1, -0.05) is 35.9 Å². The van der Waals surface area contributed by atoms with Crippen molar-refractivity contribution < 1.29 is 9.53 Å². The predicted molar refractivity (Wildman–Crippen MR) is 88.3 cm³/mol. The Labute approximate surface area is 130 Å². The van der Waals surface area contributed by atoms with E-state index in [4.69, 9.17) is 4.74 Å². The maximum atomic E-state index is 11.7. The van der Waals surface area contributed by atoms with E-state index in [1.54, 1.807) is 6.21 Å². The van der Waals surface area contributed by atoms with Gasteiger partial charge in [0.05, 0.1) is 6.21 Å². The molecule has 0 unspecified atom stereocenters. The summed E-state index contributed by atoms with van der Waals surface area (Å²) in [5, 5.41) is 3.93. The summed E-state index contributed by atoms with van der Waals surface area (Å²) in [6.45, 7) is 5.93. The molecule has 0 atom stereocenters. The third-order valence-corrected chi connectivity index (χ3v) is 3.01. The van der Waals surface area contributed by atoms with Crippen LogP contribution in [0.15, 0.2) is 47.6 Å². The van der Waals surface area contributed by atoms with E-state index >= 15 is 0 Å². The highest BCUT2D eigenvalue weighted by molar-refractivity contribution is 5.83. The summed E-state index contributed by atoms with van der Waals surface area (Å²) in [5.74, 6) is 0.401. The third-order valence-electron chi connectivity index (χ3n) is 3.01. The molecule has 0 radical (unpaired) electrons. The first-order valence-corrected chi connectivity index (χ1v) is 7.12. The van der Waals surface area contributed by atoms with Gasteiger partial charge in [0.2, 0.25) is 0 Å². The van der Waals surface area contributed by atoms with Gasteiger partial charge in [0, 0.05) is 0 Å². The van der Waals surface area contributed by atoms with Crippen molar-refractivity contribution in [2.75, 3.05) is 6.61 Å². The lowest BCUT2D eigenvalue weighted by Crippen LogP contribution is -2.24. The Morgan fingerprint density at radius 2 is 1.82 bits per heavy atom. The molecular weight excluding hydrogens is 276 g/mol. The van der Waals surface area contributed by atoms with Crippen LogP contribution >= 0.6 is 0 Å². The van der Waals surface area contributed by atoms with Crippen LogP contribution in [-0.4, -0.2) is 18.7 Å². The first-order chi connectivity index (χ1) is 10.5. The van der Waals surface area contributed by atoms with Crippen molar-refractivity contribution in [2.24, 2.45) is 5.10 Å². The monoisotopic (exact) mass is 296 g/mol. The molecule has 114 valence electrons. The molecule has 4 nitrogen and oxygen atoms in total. The second-order valence-corrected chi connectivity index (χ2v) is 5.32. The van der Waals surface area contributed by atoms with E-state index in [0.29, 0.717) is 5.75 Å². The molecule has 2 aromatic rings. The van der Waals surface area contributed by atoms with E-state index < -0.39 is 0 Å². The van der Waals surface area contributed by atoms with Crippen LogP contribution in [0.5, 0.6) is 5.75 Å². The van der Waals surface area contributed by atoms with Crippen molar-refractivity contribution in [3.05, 3.63) is 64.7 Å². The highest BCUT2D eigenvalue weighted by atomic mass is 16.5. The molecule has 2 rings (SSSR count). The van der Waals surface area contributed by atoms with Crippen molar-refractivity contribution in [3.63, 3.8) is 0 Å². The van der Waals surface area contributed by atoms with Crippen molar-refractivity contribution in [2.45, 2.75) is 20.8 Å². The van der Waals surface area contributed by atoms with Crippen LogP contribution in [-0.2, 0) is 4.79 Å². The van der Waals surface area contributed by atoms with E-state index in [1.807, 2.05) is 57.2 Å². The summed E-state index contributed by atoms with van der Waals surface area (Å²) in [6, 6.07) is 13.7. The van der Waals surface area contributed by atoms with Crippen molar-refractivity contribution in [1.82, 2.24) is 5.43 Å². The van der Waals surface area contributed by atoms with Gasteiger partial charge in [0.25, 0.3) is 5.91 Å². The Hall–Kier alpha value is -2.62. The molecule has 4 heteroatoms.